The number of hydrogen-bond acceptors (Lipinski definition) is 0. The summed E-state index contributed by atoms with van der Waals surface area (Å²) in [4.78, 5) is 1.73. The van der Waals surface area contributed by atoms with Gasteiger partial charge in [0.1, 0.15) is 19.6 Å². The van der Waals surface area contributed by atoms with Gasteiger partial charge < -0.3 is 10.2 Å². The number of hydrogen-bond donors (Lipinski definition) is 2. The molecule has 4 aromatic carbocycles. The molecule has 1 aliphatic heterocycles. The molecule has 0 bridgehead atoms. The van der Waals surface area contributed by atoms with Crippen molar-refractivity contribution in [1.82, 2.24) is 0 Å². The molecule has 162 valence electrons. The predicted molar refractivity (Wildman–Crippen MR) is 133 cm³/mol. The van der Waals surface area contributed by atoms with E-state index in [-0.39, 0.29) is 0 Å². The van der Waals surface area contributed by atoms with Crippen LogP contribution in [-0.2, 0) is 19.6 Å². The Morgan fingerprint density at radius 1 is 0.656 bits per heavy atom. The number of quaternary nitrogens is 2. The molecule has 32 heavy (non-hydrogen) atoms. The molecule has 4 aromatic rings. The van der Waals surface area contributed by atoms with Crippen molar-refractivity contribution in [1.29, 1.82) is 0 Å². The Morgan fingerprint density at radius 3 is 2.16 bits per heavy atom. The standard InChI is InChI=1S/C30H32N2/c1-2-7-26(8-3-1)27-17-19-32(20-18-27)23-25-15-13-24(14-16-25)21-31-22-29-11-6-10-28-9-4-5-12-30(28)29/h1-16,27,31H,17-23H2/p+2. The summed E-state index contributed by atoms with van der Waals surface area (Å²) in [6.45, 7) is 5.75. The normalized spacial score (nSPS) is 18.6. The van der Waals surface area contributed by atoms with Crippen molar-refractivity contribution in [3.8, 4) is 0 Å². The van der Waals surface area contributed by atoms with Crippen molar-refractivity contribution in [2.24, 2.45) is 0 Å². The van der Waals surface area contributed by atoms with Gasteiger partial charge in [0.05, 0.1) is 13.1 Å². The van der Waals surface area contributed by atoms with Gasteiger partial charge in [-0.3, -0.25) is 0 Å². The van der Waals surface area contributed by atoms with Crippen LogP contribution < -0.4 is 10.2 Å². The van der Waals surface area contributed by atoms with Crippen molar-refractivity contribution in [2.45, 2.75) is 38.4 Å². The molecule has 1 fully saturated rings. The van der Waals surface area contributed by atoms with Gasteiger partial charge >= 0.3 is 0 Å². The second kappa shape index (κ2) is 10.1. The second-order valence-corrected chi connectivity index (χ2v) is 9.26. The number of piperidine rings is 1. The third-order valence-corrected chi connectivity index (χ3v) is 7.07. The van der Waals surface area contributed by atoms with Crippen LogP contribution in [0.2, 0.25) is 0 Å². The molecule has 0 unspecified atom stereocenters. The average Bonchev–Trinajstić information content (AvgIpc) is 2.86. The lowest BCUT2D eigenvalue weighted by Gasteiger charge is -2.29. The van der Waals surface area contributed by atoms with E-state index in [1.807, 2.05) is 0 Å². The fourth-order valence-electron chi connectivity index (χ4n) is 5.21. The van der Waals surface area contributed by atoms with E-state index < -0.39 is 0 Å². The number of likely N-dealkylation sites (tertiary alicyclic amines) is 1. The average molecular weight is 423 g/mol. The molecule has 0 aliphatic carbocycles. The summed E-state index contributed by atoms with van der Waals surface area (Å²) in [5.41, 5.74) is 5.82. The summed E-state index contributed by atoms with van der Waals surface area (Å²) < 4.78 is 0. The highest BCUT2D eigenvalue weighted by Gasteiger charge is 2.23. The molecule has 5 rings (SSSR count). The first kappa shape index (κ1) is 20.9. The zero-order valence-corrected chi connectivity index (χ0v) is 18.8. The lowest BCUT2D eigenvalue weighted by atomic mass is 9.89. The third kappa shape index (κ3) is 5.09. The van der Waals surface area contributed by atoms with E-state index in [4.69, 9.17) is 0 Å². The summed E-state index contributed by atoms with van der Waals surface area (Å²) in [6, 6.07) is 35.7. The molecule has 0 atom stereocenters. The molecular formula is C30H34N2+2. The minimum atomic E-state index is 0.750. The Labute approximate surface area is 191 Å². The quantitative estimate of drug-likeness (QED) is 0.448. The topological polar surface area (TPSA) is 21.1 Å². The smallest absolute Gasteiger partial charge is 0.103 e. The van der Waals surface area contributed by atoms with Crippen molar-refractivity contribution >= 4 is 10.8 Å². The Balaban J connectivity index is 1.10. The van der Waals surface area contributed by atoms with Gasteiger partial charge in [-0.25, -0.2) is 0 Å². The van der Waals surface area contributed by atoms with Crippen molar-refractivity contribution < 1.29 is 10.2 Å². The van der Waals surface area contributed by atoms with Crippen LogP contribution in [0.15, 0.2) is 97.1 Å². The van der Waals surface area contributed by atoms with Gasteiger partial charge in [0.2, 0.25) is 0 Å². The maximum Gasteiger partial charge on any atom is 0.103 e. The highest BCUT2D eigenvalue weighted by atomic mass is 15.1. The van der Waals surface area contributed by atoms with Crippen LogP contribution in [0.4, 0.5) is 0 Å². The van der Waals surface area contributed by atoms with E-state index in [1.54, 1.807) is 4.90 Å². The Bertz CT molecular complexity index is 1120. The fourth-order valence-corrected chi connectivity index (χ4v) is 5.21. The summed E-state index contributed by atoms with van der Waals surface area (Å²) >= 11 is 0. The highest BCUT2D eigenvalue weighted by Crippen LogP contribution is 2.23. The maximum atomic E-state index is 2.41. The highest BCUT2D eigenvalue weighted by molar-refractivity contribution is 5.85. The molecule has 2 nitrogen and oxygen atoms in total. The monoisotopic (exact) mass is 422 g/mol. The minimum Gasteiger partial charge on any atom is -0.339 e. The second-order valence-electron chi connectivity index (χ2n) is 9.26. The first-order chi connectivity index (χ1) is 15.8. The van der Waals surface area contributed by atoms with Crippen molar-refractivity contribution in [3.63, 3.8) is 0 Å². The van der Waals surface area contributed by atoms with Gasteiger partial charge in [-0.15, -0.1) is 0 Å². The molecule has 0 spiro atoms. The molecule has 0 amide bonds. The SMILES string of the molecule is c1ccc(C2CC[NH+](Cc3ccc(C[NH2+]Cc4cccc5ccccc45)cc3)CC2)cc1. The summed E-state index contributed by atoms with van der Waals surface area (Å²) in [5.74, 6) is 0.750. The van der Waals surface area contributed by atoms with Crippen LogP contribution in [-0.4, -0.2) is 13.1 Å². The molecular weight excluding hydrogens is 388 g/mol. The predicted octanol–water partition coefficient (Wildman–Crippen LogP) is 4.07. The van der Waals surface area contributed by atoms with Gasteiger partial charge in [0.25, 0.3) is 0 Å². The van der Waals surface area contributed by atoms with E-state index in [2.05, 4.69) is 102 Å². The van der Waals surface area contributed by atoms with Crippen molar-refractivity contribution in [2.75, 3.05) is 13.1 Å². The number of nitrogens with two attached hydrogens (primary N) is 1. The Morgan fingerprint density at radius 2 is 1.34 bits per heavy atom. The number of fused-ring (bicyclic) bond motifs is 1. The van der Waals surface area contributed by atoms with Crippen LogP contribution in [0.25, 0.3) is 10.8 Å². The molecule has 0 radical (unpaired) electrons. The molecule has 1 heterocycles. The molecule has 0 saturated carbocycles. The van der Waals surface area contributed by atoms with Crippen LogP contribution >= 0.6 is 0 Å². The maximum absolute atomic E-state index is 2.41. The Hall–Kier alpha value is -2.94. The van der Waals surface area contributed by atoms with Gasteiger partial charge in [0, 0.05) is 29.5 Å². The van der Waals surface area contributed by atoms with Crippen LogP contribution in [0.3, 0.4) is 0 Å². The van der Waals surface area contributed by atoms with E-state index >= 15 is 0 Å². The van der Waals surface area contributed by atoms with Crippen molar-refractivity contribution in [3.05, 3.63) is 119 Å². The van der Waals surface area contributed by atoms with E-state index in [0.29, 0.717) is 0 Å². The number of nitrogens with one attached hydrogen (secondary N) is 1. The van der Waals surface area contributed by atoms with Gasteiger partial charge in [0.15, 0.2) is 0 Å². The van der Waals surface area contributed by atoms with E-state index in [0.717, 1.165) is 25.6 Å². The minimum absolute atomic E-state index is 0.750. The zero-order chi connectivity index (χ0) is 21.6. The van der Waals surface area contributed by atoms with Crippen LogP contribution in [0.5, 0.6) is 0 Å². The molecule has 1 aliphatic rings. The molecule has 0 aromatic heterocycles. The lowest BCUT2D eigenvalue weighted by molar-refractivity contribution is -0.919. The number of rotatable bonds is 7. The molecule has 3 N–H and O–H groups in total. The van der Waals surface area contributed by atoms with E-state index in [1.165, 1.54) is 59.0 Å². The molecule has 2 heteroatoms. The van der Waals surface area contributed by atoms with Crippen LogP contribution in [0.1, 0.15) is 41.0 Å². The summed E-state index contributed by atoms with van der Waals surface area (Å²) in [6.07, 6.45) is 2.61. The van der Waals surface area contributed by atoms with Crippen LogP contribution in [0, 0.1) is 0 Å². The lowest BCUT2D eigenvalue weighted by Crippen LogP contribution is -3.11. The summed E-state index contributed by atoms with van der Waals surface area (Å²) in [5, 5.41) is 5.12. The van der Waals surface area contributed by atoms with E-state index in [9.17, 15) is 0 Å². The molecule has 1 saturated heterocycles. The summed E-state index contributed by atoms with van der Waals surface area (Å²) in [7, 11) is 0. The largest absolute Gasteiger partial charge is 0.339 e. The first-order valence-corrected chi connectivity index (χ1v) is 12.1. The number of benzene rings is 4. The zero-order valence-electron chi connectivity index (χ0n) is 18.8. The Kier molecular flexibility index (Phi) is 6.62. The fraction of sp³-hybridized carbons (Fsp3) is 0.267. The first-order valence-electron chi connectivity index (χ1n) is 12.1. The third-order valence-electron chi connectivity index (χ3n) is 7.07. The van der Waals surface area contributed by atoms with Gasteiger partial charge in [-0.1, -0.05) is 97.1 Å². The van der Waals surface area contributed by atoms with Gasteiger partial charge in [-0.2, -0.15) is 0 Å². The van der Waals surface area contributed by atoms with Gasteiger partial charge in [-0.05, 0) is 22.3 Å².